The van der Waals surface area contributed by atoms with E-state index in [2.05, 4.69) is 27.9 Å². The second-order valence-corrected chi connectivity index (χ2v) is 5.53. The van der Waals surface area contributed by atoms with Crippen LogP contribution in [-0.2, 0) is 17.1 Å². The van der Waals surface area contributed by atoms with E-state index in [0.29, 0.717) is 0 Å². The van der Waals surface area contributed by atoms with Gasteiger partial charge in [-0.15, -0.1) is 0 Å². The molecule has 3 nitrogen and oxygen atoms in total. The lowest BCUT2D eigenvalue weighted by molar-refractivity contribution is -0.786. The van der Waals surface area contributed by atoms with Crippen molar-refractivity contribution in [1.29, 1.82) is 0 Å². The van der Waals surface area contributed by atoms with Crippen LogP contribution >= 0.6 is 0 Å². The number of aryl methyl sites for hydroxylation is 1. The fourth-order valence-electron chi connectivity index (χ4n) is 1.85. The minimum Gasteiger partial charge on any atom is -0.342 e. The van der Waals surface area contributed by atoms with Crippen LogP contribution in [-0.4, -0.2) is 21.4 Å². The molecule has 72 valence electrons. The number of imidazole rings is 1. The molecule has 0 bridgehead atoms. The zero-order valence-electron chi connectivity index (χ0n) is 8.36. The standard InChI is InChI=1S/C9H17N2OSi/c1-10-5-6-11(8-10)9(13)4-2-3-7-12-9/h5-6,8H,2-4,7H2,1,13H3/q+1. The zero-order valence-corrected chi connectivity index (χ0v) is 10.4. The third-order valence-corrected chi connectivity index (χ3v) is 4.07. The van der Waals surface area contributed by atoms with Crippen LogP contribution in [0, 0.1) is 0 Å². The van der Waals surface area contributed by atoms with Gasteiger partial charge in [-0.05, 0) is 12.8 Å². The lowest BCUT2D eigenvalue weighted by atomic mass is 10.2. The Hall–Kier alpha value is -0.613. The summed E-state index contributed by atoms with van der Waals surface area (Å²) in [6.07, 6.45) is 9.98. The molecule has 1 aromatic rings. The average Bonchev–Trinajstić information content (AvgIpc) is 2.54. The van der Waals surface area contributed by atoms with Crippen molar-refractivity contribution in [1.82, 2.24) is 4.57 Å². The maximum Gasteiger partial charge on any atom is 0.245 e. The molecule has 0 saturated carbocycles. The van der Waals surface area contributed by atoms with Crippen LogP contribution in [0.15, 0.2) is 18.7 Å². The SMILES string of the molecule is Cn1cc[n+](C2([SiH3])CCCCO2)c1. The Balaban J connectivity index is 2.22. The van der Waals surface area contributed by atoms with Gasteiger partial charge in [-0.2, -0.15) is 0 Å². The molecule has 0 radical (unpaired) electrons. The Morgan fingerprint density at radius 3 is 2.92 bits per heavy atom. The Labute approximate surface area is 81.7 Å². The van der Waals surface area contributed by atoms with Crippen LogP contribution < -0.4 is 4.57 Å². The third kappa shape index (κ3) is 1.69. The molecule has 0 N–H and O–H groups in total. The van der Waals surface area contributed by atoms with Crippen LogP contribution in [0.2, 0.25) is 0 Å². The van der Waals surface area contributed by atoms with E-state index >= 15 is 0 Å². The summed E-state index contributed by atoms with van der Waals surface area (Å²) in [7, 11) is 3.10. The normalized spacial score (nSPS) is 29.3. The van der Waals surface area contributed by atoms with E-state index in [9.17, 15) is 0 Å². The smallest absolute Gasteiger partial charge is 0.245 e. The lowest BCUT2D eigenvalue weighted by Crippen LogP contribution is -2.58. The molecule has 0 aromatic carbocycles. The van der Waals surface area contributed by atoms with Crippen LogP contribution in [0.4, 0.5) is 0 Å². The Morgan fingerprint density at radius 2 is 2.38 bits per heavy atom. The van der Waals surface area contributed by atoms with Crippen molar-refractivity contribution in [3.8, 4) is 0 Å². The first-order valence-electron chi connectivity index (χ1n) is 4.88. The highest BCUT2D eigenvalue weighted by Gasteiger charge is 2.33. The van der Waals surface area contributed by atoms with Crippen LogP contribution in [0.5, 0.6) is 0 Å². The van der Waals surface area contributed by atoms with Gasteiger partial charge in [0.15, 0.2) is 5.35 Å². The average molecular weight is 197 g/mol. The molecule has 2 rings (SSSR count). The van der Waals surface area contributed by atoms with Crippen LogP contribution in [0.1, 0.15) is 19.3 Å². The Bertz CT molecular complexity index is 292. The molecule has 1 saturated heterocycles. The quantitative estimate of drug-likeness (QED) is 0.438. The Morgan fingerprint density at radius 1 is 1.54 bits per heavy atom. The van der Waals surface area contributed by atoms with Gasteiger partial charge in [-0.25, -0.2) is 9.13 Å². The summed E-state index contributed by atoms with van der Waals surface area (Å²) >= 11 is 0. The molecule has 1 atom stereocenters. The molecular formula is C9H17N2OSi+. The van der Waals surface area contributed by atoms with Crippen molar-refractivity contribution in [3.63, 3.8) is 0 Å². The maximum absolute atomic E-state index is 5.88. The van der Waals surface area contributed by atoms with E-state index in [0.717, 1.165) is 16.8 Å². The van der Waals surface area contributed by atoms with Crippen molar-refractivity contribution in [3.05, 3.63) is 18.7 Å². The summed E-state index contributed by atoms with van der Waals surface area (Å²) < 4.78 is 10.2. The molecule has 4 heteroatoms. The Kier molecular flexibility index (Phi) is 2.25. The predicted octanol–water partition coefficient (Wildman–Crippen LogP) is -0.511. The first kappa shape index (κ1) is 8.96. The molecule has 1 unspecified atom stereocenters. The van der Waals surface area contributed by atoms with E-state index < -0.39 is 0 Å². The molecule has 1 aromatic heterocycles. The number of ether oxygens (including phenoxy) is 1. The first-order valence-corrected chi connectivity index (χ1v) is 5.88. The molecule has 1 aliphatic heterocycles. The molecule has 1 fully saturated rings. The fraction of sp³-hybridized carbons (Fsp3) is 0.667. The summed E-state index contributed by atoms with van der Waals surface area (Å²) in [5, 5.41) is 0.0273. The number of rotatable bonds is 1. The largest absolute Gasteiger partial charge is 0.342 e. The van der Waals surface area contributed by atoms with Crippen molar-refractivity contribution >= 4 is 10.2 Å². The van der Waals surface area contributed by atoms with Gasteiger partial charge < -0.3 is 4.74 Å². The highest BCUT2D eigenvalue weighted by atomic mass is 28.1. The van der Waals surface area contributed by atoms with Gasteiger partial charge in [0.25, 0.3) is 0 Å². The van der Waals surface area contributed by atoms with Crippen molar-refractivity contribution < 1.29 is 9.30 Å². The zero-order chi connectivity index (χ0) is 9.31. The van der Waals surface area contributed by atoms with Gasteiger partial charge in [-0.1, -0.05) is 0 Å². The van der Waals surface area contributed by atoms with Gasteiger partial charge in [0.2, 0.25) is 6.33 Å². The lowest BCUT2D eigenvalue weighted by Gasteiger charge is -2.30. The van der Waals surface area contributed by atoms with Crippen LogP contribution in [0.25, 0.3) is 0 Å². The first-order chi connectivity index (χ1) is 6.21. The maximum atomic E-state index is 5.88. The van der Waals surface area contributed by atoms with E-state index in [1.807, 2.05) is 7.05 Å². The van der Waals surface area contributed by atoms with Gasteiger partial charge in [0.1, 0.15) is 12.4 Å². The van der Waals surface area contributed by atoms with Gasteiger partial charge in [0, 0.05) is 6.42 Å². The van der Waals surface area contributed by atoms with E-state index in [-0.39, 0.29) is 5.35 Å². The van der Waals surface area contributed by atoms with E-state index in [1.165, 1.54) is 19.3 Å². The summed E-state index contributed by atoms with van der Waals surface area (Å²) in [6.45, 7) is 0.922. The predicted molar refractivity (Wildman–Crippen MR) is 53.3 cm³/mol. The summed E-state index contributed by atoms with van der Waals surface area (Å²) in [5.41, 5.74) is 0. The fourth-order valence-corrected chi connectivity index (χ4v) is 2.68. The monoisotopic (exact) mass is 197 g/mol. The number of nitrogens with zero attached hydrogens (tertiary/aromatic N) is 2. The van der Waals surface area contributed by atoms with E-state index in [1.54, 1.807) is 0 Å². The van der Waals surface area contributed by atoms with Crippen molar-refractivity contribution in [2.24, 2.45) is 7.05 Å². The number of aromatic nitrogens is 2. The topological polar surface area (TPSA) is 18.0 Å². The van der Waals surface area contributed by atoms with Crippen molar-refractivity contribution in [2.45, 2.75) is 24.6 Å². The summed E-state index contributed by atoms with van der Waals surface area (Å²) in [4.78, 5) is 0. The molecule has 2 heterocycles. The van der Waals surface area contributed by atoms with Gasteiger partial charge >= 0.3 is 0 Å². The second kappa shape index (κ2) is 3.27. The molecule has 13 heavy (non-hydrogen) atoms. The van der Waals surface area contributed by atoms with E-state index in [4.69, 9.17) is 4.74 Å². The highest BCUT2D eigenvalue weighted by molar-refractivity contribution is 6.11. The van der Waals surface area contributed by atoms with Crippen LogP contribution in [0.3, 0.4) is 0 Å². The molecular weight excluding hydrogens is 180 g/mol. The van der Waals surface area contributed by atoms with Gasteiger partial charge in [-0.3, -0.25) is 0 Å². The number of hydrogen-bond donors (Lipinski definition) is 0. The third-order valence-electron chi connectivity index (χ3n) is 2.76. The molecule has 0 aliphatic carbocycles. The molecule has 0 spiro atoms. The second-order valence-electron chi connectivity index (χ2n) is 3.97. The van der Waals surface area contributed by atoms with Crippen molar-refractivity contribution in [2.75, 3.05) is 6.61 Å². The highest BCUT2D eigenvalue weighted by Crippen LogP contribution is 2.20. The summed E-state index contributed by atoms with van der Waals surface area (Å²) in [5.74, 6) is 0. The minimum absolute atomic E-state index is 0.0273. The minimum atomic E-state index is 0.0273. The van der Waals surface area contributed by atoms with Gasteiger partial charge in [0.05, 0.1) is 23.9 Å². The molecule has 1 aliphatic rings. The summed E-state index contributed by atoms with van der Waals surface area (Å²) in [6, 6.07) is 0. The molecule has 0 amide bonds. The number of hydrogen-bond acceptors (Lipinski definition) is 1.